The highest BCUT2D eigenvalue weighted by atomic mass is 16.5. The molecule has 0 aliphatic rings. The van der Waals surface area contributed by atoms with Crippen LogP contribution >= 0.6 is 0 Å². The van der Waals surface area contributed by atoms with Crippen molar-refractivity contribution in [3.8, 4) is 0 Å². The summed E-state index contributed by atoms with van der Waals surface area (Å²) in [6, 6.07) is 1.94. The smallest absolute Gasteiger partial charge is 0.123 e. The zero-order valence-corrected chi connectivity index (χ0v) is 11.2. The SMILES string of the molecule is CCNCc1occc1COCCOCCOC. The molecule has 1 aromatic heterocycles. The maximum absolute atomic E-state index is 5.53. The van der Waals surface area contributed by atoms with E-state index in [9.17, 15) is 0 Å². The van der Waals surface area contributed by atoms with Crippen molar-refractivity contribution >= 4 is 0 Å². The molecule has 0 saturated heterocycles. The van der Waals surface area contributed by atoms with Crippen LogP contribution in [0.4, 0.5) is 0 Å². The number of hydrogen-bond acceptors (Lipinski definition) is 5. The molecule has 0 aliphatic heterocycles. The maximum atomic E-state index is 5.53. The minimum absolute atomic E-state index is 0.560. The largest absolute Gasteiger partial charge is 0.468 e. The van der Waals surface area contributed by atoms with Crippen LogP contribution < -0.4 is 5.32 Å². The first-order valence-corrected chi connectivity index (χ1v) is 6.28. The van der Waals surface area contributed by atoms with Gasteiger partial charge in [0.15, 0.2) is 0 Å². The van der Waals surface area contributed by atoms with Crippen molar-refractivity contribution in [1.82, 2.24) is 5.32 Å². The van der Waals surface area contributed by atoms with Gasteiger partial charge >= 0.3 is 0 Å². The Labute approximate surface area is 108 Å². The fourth-order valence-electron chi connectivity index (χ4n) is 1.43. The predicted molar refractivity (Wildman–Crippen MR) is 68.4 cm³/mol. The van der Waals surface area contributed by atoms with Gasteiger partial charge in [-0.3, -0.25) is 0 Å². The van der Waals surface area contributed by atoms with E-state index >= 15 is 0 Å². The van der Waals surface area contributed by atoms with E-state index in [2.05, 4.69) is 12.2 Å². The topological polar surface area (TPSA) is 52.9 Å². The number of ether oxygens (including phenoxy) is 3. The molecule has 0 radical (unpaired) electrons. The van der Waals surface area contributed by atoms with Crippen molar-refractivity contribution in [3.63, 3.8) is 0 Å². The van der Waals surface area contributed by atoms with Gasteiger partial charge in [0.25, 0.3) is 0 Å². The van der Waals surface area contributed by atoms with Crippen molar-refractivity contribution in [3.05, 3.63) is 23.7 Å². The molecule has 1 aromatic rings. The van der Waals surface area contributed by atoms with Gasteiger partial charge in [0.1, 0.15) is 5.76 Å². The molecule has 5 heteroatoms. The van der Waals surface area contributed by atoms with Crippen molar-refractivity contribution < 1.29 is 18.6 Å². The predicted octanol–water partition coefficient (Wildman–Crippen LogP) is 1.57. The summed E-state index contributed by atoms with van der Waals surface area (Å²) in [7, 11) is 1.66. The molecule has 1 heterocycles. The summed E-state index contributed by atoms with van der Waals surface area (Å²) in [6.45, 7) is 6.69. The minimum Gasteiger partial charge on any atom is -0.468 e. The van der Waals surface area contributed by atoms with E-state index in [0.29, 0.717) is 33.0 Å². The van der Waals surface area contributed by atoms with Crippen molar-refractivity contribution in [1.29, 1.82) is 0 Å². The van der Waals surface area contributed by atoms with Crippen molar-refractivity contribution in [2.24, 2.45) is 0 Å². The molecule has 0 atom stereocenters. The lowest BCUT2D eigenvalue weighted by molar-refractivity contribution is 0.0196. The minimum atomic E-state index is 0.560. The summed E-state index contributed by atoms with van der Waals surface area (Å²) in [4.78, 5) is 0. The molecule has 1 rings (SSSR count). The second kappa shape index (κ2) is 10.1. The Hall–Kier alpha value is -0.880. The molecule has 0 spiro atoms. The fourth-order valence-corrected chi connectivity index (χ4v) is 1.43. The molecule has 1 N–H and O–H groups in total. The molecular formula is C13H23NO4. The third-order valence-electron chi connectivity index (χ3n) is 2.43. The van der Waals surface area contributed by atoms with Crippen LogP contribution in [0.1, 0.15) is 18.2 Å². The summed E-state index contributed by atoms with van der Waals surface area (Å²) < 4.78 is 21.1. The number of rotatable bonds is 11. The van der Waals surface area contributed by atoms with Crippen LogP contribution in [-0.4, -0.2) is 40.1 Å². The first-order chi connectivity index (χ1) is 8.88. The van der Waals surface area contributed by atoms with Crippen LogP contribution in [0.5, 0.6) is 0 Å². The normalized spacial score (nSPS) is 11.0. The highest BCUT2D eigenvalue weighted by Gasteiger charge is 2.05. The first kappa shape index (κ1) is 15.2. The van der Waals surface area contributed by atoms with E-state index in [1.54, 1.807) is 13.4 Å². The fraction of sp³-hybridized carbons (Fsp3) is 0.692. The van der Waals surface area contributed by atoms with Gasteiger partial charge in [-0.25, -0.2) is 0 Å². The zero-order valence-electron chi connectivity index (χ0n) is 11.2. The van der Waals surface area contributed by atoms with E-state index < -0.39 is 0 Å². The Morgan fingerprint density at radius 3 is 2.72 bits per heavy atom. The molecule has 0 aromatic carbocycles. The van der Waals surface area contributed by atoms with Crippen LogP contribution in [0.25, 0.3) is 0 Å². The lowest BCUT2D eigenvalue weighted by Crippen LogP contribution is -2.13. The molecule has 0 bridgehead atoms. The van der Waals surface area contributed by atoms with Crippen molar-refractivity contribution in [2.45, 2.75) is 20.1 Å². The second-order valence-electron chi connectivity index (χ2n) is 3.81. The van der Waals surface area contributed by atoms with E-state index in [0.717, 1.165) is 24.4 Å². The van der Waals surface area contributed by atoms with Crippen LogP contribution in [0.15, 0.2) is 16.7 Å². The Morgan fingerprint density at radius 1 is 1.17 bits per heavy atom. The Morgan fingerprint density at radius 2 is 1.94 bits per heavy atom. The third-order valence-corrected chi connectivity index (χ3v) is 2.43. The second-order valence-corrected chi connectivity index (χ2v) is 3.81. The van der Waals surface area contributed by atoms with E-state index in [-0.39, 0.29) is 0 Å². The number of methoxy groups -OCH3 is 1. The highest BCUT2D eigenvalue weighted by Crippen LogP contribution is 2.11. The van der Waals surface area contributed by atoms with Gasteiger partial charge in [0.05, 0.1) is 45.8 Å². The summed E-state index contributed by atoms with van der Waals surface area (Å²) in [5.74, 6) is 0.942. The standard InChI is InChI=1S/C13H23NO4/c1-3-14-10-13-12(4-5-18-13)11-17-9-8-16-7-6-15-2/h4-5,14H,3,6-11H2,1-2H3. The van der Waals surface area contributed by atoms with Gasteiger partial charge in [-0.15, -0.1) is 0 Å². The third kappa shape index (κ3) is 6.16. The Balaban J connectivity index is 2.09. The van der Waals surface area contributed by atoms with E-state index in [4.69, 9.17) is 18.6 Å². The average molecular weight is 257 g/mol. The van der Waals surface area contributed by atoms with E-state index in [1.807, 2.05) is 6.07 Å². The summed E-state index contributed by atoms with van der Waals surface area (Å²) in [6.07, 6.45) is 1.69. The lowest BCUT2D eigenvalue weighted by atomic mass is 10.2. The van der Waals surface area contributed by atoms with Crippen LogP contribution in [0.3, 0.4) is 0 Å². The quantitative estimate of drug-likeness (QED) is 0.610. The summed E-state index contributed by atoms with van der Waals surface area (Å²) >= 11 is 0. The number of furan rings is 1. The Kier molecular flexibility index (Phi) is 8.50. The van der Waals surface area contributed by atoms with Gasteiger partial charge in [-0.2, -0.15) is 0 Å². The average Bonchev–Trinajstić information content (AvgIpc) is 2.83. The summed E-state index contributed by atoms with van der Waals surface area (Å²) in [5.41, 5.74) is 1.09. The Bertz CT molecular complexity index is 301. The van der Waals surface area contributed by atoms with Gasteiger partial charge in [-0.05, 0) is 12.6 Å². The molecule has 0 fully saturated rings. The first-order valence-electron chi connectivity index (χ1n) is 6.28. The van der Waals surface area contributed by atoms with Gasteiger partial charge in [0.2, 0.25) is 0 Å². The molecule has 5 nitrogen and oxygen atoms in total. The van der Waals surface area contributed by atoms with E-state index in [1.165, 1.54) is 0 Å². The molecule has 0 saturated carbocycles. The highest BCUT2D eigenvalue weighted by molar-refractivity contribution is 5.15. The maximum Gasteiger partial charge on any atom is 0.123 e. The molecule has 0 unspecified atom stereocenters. The molecule has 0 amide bonds. The number of hydrogen-bond donors (Lipinski definition) is 1. The van der Waals surface area contributed by atoms with Gasteiger partial charge < -0.3 is 23.9 Å². The van der Waals surface area contributed by atoms with Crippen molar-refractivity contribution in [2.75, 3.05) is 40.1 Å². The molecule has 0 aliphatic carbocycles. The summed E-state index contributed by atoms with van der Waals surface area (Å²) in [5, 5.41) is 3.23. The molecule has 104 valence electrons. The monoisotopic (exact) mass is 257 g/mol. The molecular weight excluding hydrogens is 234 g/mol. The molecule has 18 heavy (non-hydrogen) atoms. The zero-order chi connectivity index (χ0) is 13.1. The van der Waals surface area contributed by atoms with Gasteiger partial charge in [0, 0.05) is 12.7 Å². The number of nitrogens with one attached hydrogen (secondary N) is 1. The van der Waals surface area contributed by atoms with Crippen LogP contribution in [-0.2, 0) is 27.4 Å². The lowest BCUT2D eigenvalue weighted by Gasteiger charge is -2.06. The van der Waals surface area contributed by atoms with Gasteiger partial charge in [-0.1, -0.05) is 6.92 Å². The van der Waals surface area contributed by atoms with Crippen LogP contribution in [0, 0.1) is 0 Å². The van der Waals surface area contributed by atoms with Crippen LogP contribution in [0.2, 0.25) is 0 Å².